The average molecular weight is 310 g/mol. The molecule has 1 aliphatic rings. The van der Waals surface area contributed by atoms with Crippen LogP contribution in [0.5, 0.6) is 0 Å². The second-order valence-corrected chi connectivity index (χ2v) is 6.89. The predicted octanol–water partition coefficient (Wildman–Crippen LogP) is 4.86. The number of hydrogen-bond acceptors (Lipinski definition) is 4. The third kappa shape index (κ3) is 2.30. The summed E-state index contributed by atoms with van der Waals surface area (Å²) in [4.78, 5) is 8.27. The molecule has 0 atom stereocenters. The first-order valence-corrected chi connectivity index (χ1v) is 8.57. The molecule has 3 aromatic rings. The lowest BCUT2D eigenvalue weighted by Crippen LogP contribution is -2.13. The molecule has 0 saturated heterocycles. The lowest BCUT2D eigenvalue weighted by atomic mass is 10.1. The summed E-state index contributed by atoms with van der Waals surface area (Å²) in [6.45, 7) is 6.13. The Morgan fingerprint density at radius 1 is 1.05 bits per heavy atom. The third-order valence-electron chi connectivity index (χ3n) is 3.75. The Kier molecular flexibility index (Phi) is 3.13. The highest BCUT2D eigenvalue weighted by Crippen LogP contribution is 2.33. The fourth-order valence-electron chi connectivity index (χ4n) is 2.60. The normalized spacial score (nSPS) is 13.4. The second-order valence-electron chi connectivity index (χ2n) is 5.09. The zero-order valence-corrected chi connectivity index (χ0v) is 13.1. The first kappa shape index (κ1) is 12.8. The van der Waals surface area contributed by atoms with Crippen LogP contribution in [0.1, 0.15) is 16.1 Å². The highest BCUT2D eigenvalue weighted by molar-refractivity contribution is 7.14. The van der Waals surface area contributed by atoms with Gasteiger partial charge in [-0.15, -0.1) is 22.7 Å². The van der Waals surface area contributed by atoms with Gasteiger partial charge in [-0.1, -0.05) is 36.9 Å². The molecular formula is C17H14N2S2. The van der Waals surface area contributed by atoms with E-state index in [4.69, 9.17) is 4.98 Å². The van der Waals surface area contributed by atoms with E-state index in [1.54, 1.807) is 22.7 Å². The van der Waals surface area contributed by atoms with Crippen molar-refractivity contribution in [2.45, 2.75) is 13.1 Å². The summed E-state index contributed by atoms with van der Waals surface area (Å²) in [6.07, 6.45) is 0. The van der Waals surface area contributed by atoms with Crippen LogP contribution < -0.4 is 0 Å². The molecule has 0 radical (unpaired) electrons. The summed E-state index contributed by atoms with van der Waals surface area (Å²) in [5, 5.41) is 5.22. The van der Waals surface area contributed by atoms with Gasteiger partial charge in [0.1, 0.15) is 5.01 Å². The molecule has 1 aromatic carbocycles. The van der Waals surface area contributed by atoms with Crippen molar-refractivity contribution in [3.8, 4) is 10.6 Å². The van der Waals surface area contributed by atoms with Crippen molar-refractivity contribution in [3.63, 3.8) is 0 Å². The molecule has 1 aliphatic heterocycles. The Balaban J connectivity index is 1.57. The Morgan fingerprint density at radius 2 is 1.81 bits per heavy atom. The average Bonchev–Trinajstić information content (AvgIpc) is 3.24. The number of thiazole rings is 1. The molecule has 0 saturated carbocycles. The Hall–Kier alpha value is -1.91. The molecular weight excluding hydrogens is 296 g/mol. The van der Waals surface area contributed by atoms with E-state index in [1.807, 2.05) is 0 Å². The zero-order chi connectivity index (χ0) is 14.2. The number of rotatable bonds is 3. The summed E-state index contributed by atoms with van der Waals surface area (Å²) in [5.74, 6) is 0. The highest BCUT2D eigenvalue weighted by Gasteiger charge is 2.21. The van der Waals surface area contributed by atoms with E-state index in [1.165, 1.54) is 16.0 Å². The molecule has 0 fully saturated rings. The molecule has 0 N–H and O–H groups in total. The van der Waals surface area contributed by atoms with Gasteiger partial charge in [-0.2, -0.15) is 0 Å². The quantitative estimate of drug-likeness (QED) is 0.687. The number of nitrogens with zero attached hydrogens (tertiary/aromatic N) is 2. The molecule has 3 heterocycles. The lowest BCUT2D eigenvalue weighted by molar-refractivity contribution is 0.423. The van der Waals surface area contributed by atoms with E-state index in [0.29, 0.717) is 0 Å². The van der Waals surface area contributed by atoms with Gasteiger partial charge in [0.2, 0.25) is 0 Å². The maximum atomic E-state index is 4.75. The van der Waals surface area contributed by atoms with Gasteiger partial charge in [0.05, 0.1) is 16.3 Å². The summed E-state index contributed by atoms with van der Waals surface area (Å²) in [7, 11) is 0. The smallest absolute Gasteiger partial charge is 0.139 e. The van der Waals surface area contributed by atoms with Crippen molar-refractivity contribution in [2.24, 2.45) is 0 Å². The topological polar surface area (TPSA) is 16.1 Å². The van der Waals surface area contributed by atoms with Gasteiger partial charge in [-0.25, -0.2) is 4.98 Å². The molecule has 2 nitrogen and oxygen atoms in total. The minimum Gasteiger partial charge on any atom is -0.361 e. The van der Waals surface area contributed by atoms with Gasteiger partial charge in [0.15, 0.2) is 0 Å². The summed E-state index contributed by atoms with van der Waals surface area (Å²) < 4.78 is 0. The van der Waals surface area contributed by atoms with Crippen LogP contribution in [0.3, 0.4) is 0 Å². The Labute approximate surface area is 132 Å². The fourth-order valence-corrected chi connectivity index (χ4v) is 4.18. The van der Waals surface area contributed by atoms with Crippen LogP contribution >= 0.6 is 22.7 Å². The van der Waals surface area contributed by atoms with Gasteiger partial charge in [0, 0.05) is 18.5 Å². The van der Waals surface area contributed by atoms with E-state index in [-0.39, 0.29) is 0 Å². The van der Waals surface area contributed by atoms with E-state index >= 15 is 0 Å². The van der Waals surface area contributed by atoms with Gasteiger partial charge in [0.25, 0.3) is 0 Å². The van der Waals surface area contributed by atoms with Crippen LogP contribution in [-0.2, 0) is 13.1 Å². The zero-order valence-electron chi connectivity index (χ0n) is 11.5. The predicted molar refractivity (Wildman–Crippen MR) is 90.2 cm³/mol. The standard InChI is InChI=1S/C17H14N2S2/c1-12(19-9-13-5-2-3-6-14(13)10-19)17-18-15(11-21-17)16-7-4-8-20-16/h2-8,11H,1,9-10H2. The van der Waals surface area contributed by atoms with E-state index in [0.717, 1.165) is 29.5 Å². The molecule has 0 unspecified atom stereocenters. The number of benzene rings is 1. The van der Waals surface area contributed by atoms with Crippen LogP contribution in [0.25, 0.3) is 16.3 Å². The van der Waals surface area contributed by atoms with E-state index < -0.39 is 0 Å². The van der Waals surface area contributed by atoms with Crippen molar-refractivity contribution >= 4 is 28.4 Å². The molecule has 4 rings (SSSR count). The van der Waals surface area contributed by atoms with Crippen LogP contribution in [0.2, 0.25) is 0 Å². The SMILES string of the molecule is C=C(c1nc(-c2cccs2)cs1)N1Cc2ccccc2C1. The van der Waals surface area contributed by atoms with Gasteiger partial charge >= 0.3 is 0 Å². The van der Waals surface area contributed by atoms with Crippen LogP contribution in [0.4, 0.5) is 0 Å². The highest BCUT2D eigenvalue weighted by atomic mass is 32.1. The maximum Gasteiger partial charge on any atom is 0.139 e. The number of thiophene rings is 1. The first-order valence-electron chi connectivity index (χ1n) is 6.81. The number of aromatic nitrogens is 1. The molecule has 104 valence electrons. The van der Waals surface area contributed by atoms with Crippen molar-refractivity contribution in [3.05, 3.63) is 69.9 Å². The third-order valence-corrected chi connectivity index (χ3v) is 5.53. The molecule has 0 spiro atoms. The van der Waals surface area contributed by atoms with E-state index in [9.17, 15) is 0 Å². The van der Waals surface area contributed by atoms with E-state index in [2.05, 4.69) is 58.6 Å². The van der Waals surface area contributed by atoms with Crippen LogP contribution in [0, 0.1) is 0 Å². The summed E-state index contributed by atoms with van der Waals surface area (Å²) in [6, 6.07) is 12.8. The molecule has 0 aliphatic carbocycles. The first-order chi connectivity index (χ1) is 10.3. The minimum absolute atomic E-state index is 0.933. The Bertz CT molecular complexity index is 762. The molecule has 4 heteroatoms. The fraction of sp³-hybridized carbons (Fsp3) is 0.118. The van der Waals surface area contributed by atoms with Crippen molar-refractivity contribution < 1.29 is 0 Å². The molecule has 0 bridgehead atoms. The second kappa shape index (κ2) is 5.13. The molecule has 0 amide bonds. The van der Waals surface area contributed by atoms with Gasteiger partial charge in [-0.05, 0) is 22.6 Å². The largest absolute Gasteiger partial charge is 0.361 e. The molecule has 2 aromatic heterocycles. The van der Waals surface area contributed by atoms with Crippen molar-refractivity contribution in [2.75, 3.05) is 0 Å². The van der Waals surface area contributed by atoms with Crippen molar-refractivity contribution in [1.82, 2.24) is 9.88 Å². The lowest BCUT2D eigenvalue weighted by Gasteiger charge is -2.18. The summed E-state index contributed by atoms with van der Waals surface area (Å²) >= 11 is 3.40. The monoisotopic (exact) mass is 310 g/mol. The van der Waals surface area contributed by atoms with Gasteiger partial charge < -0.3 is 4.90 Å². The number of hydrogen-bond donors (Lipinski definition) is 0. The minimum atomic E-state index is 0.933. The Morgan fingerprint density at radius 3 is 2.48 bits per heavy atom. The molecule has 21 heavy (non-hydrogen) atoms. The van der Waals surface area contributed by atoms with Crippen LogP contribution in [0.15, 0.2) is 53.7 Å². The summed E-state index contributed by atoms with van der Waals surface area (Å²) in [5.41, 5.74) is 4.88. The maximum absolute atomic E-state index is 4.75. The van der Waals surface area contributed by atoms with Crippen LogP contribution in [-0.4, -0.2) is 9.88 Å². The number of fused-ring (bicyclic) bond motifs is 1. The van der Waals surface area contributed by atoms with Crippen molar-refractivity contribution in [1.29, 1.82) is 0 Å². The van der Waals surface area contributed by atoms with Gasteiger partial charge in [-0.3, -0.25) is 0 Å².